The highest BCUT2D eigenvalue weighted by atomic mass is 19.1. The number of halogens is 1. The zero-order valence-corrected chi connectivity index (χ0v) is 13.5. The van der Waals surface area contributed by atoms with Gasteiger partial charge in [0.1, 0.15) is 5.82 Å². The molecular weight excluding hydrogens is 307 g/mol. The topological polar surface area (TPSA) is 50.2 Å². The van der Waals surface area contributed by atoms with Gasteiger partial charge in [-0.1, -0.05) is 12.1 Å². The lowest BCUT2D eigenvalue weighted by Crippen LogP contribution is -2.41. The number of hydrogen-bond donors (Lipinski definition) is 1. The van der Waals surface area contributed by atoms with Crippen molar-refractivity contribution in [3.63, 3.8) is 0 Å². The molecule has 2 aliphatic heterocycles. The number of carbonyl (C=O) groups is 1. The first-order chi connectivity index (χ1) is 11.7. The fourth-order valence-corrected chi connectivity index (χ4v) is 3.69. The quantitative estimate of drug-likeness (QED) is 0.936. The average molecular weight is 328 g/mol. The second-order valence-corrected chi connectivity index (χ2v) is 6.57. The first-order valence-corrected chi connectivity index (χ1v) is 8.52. The van der Waals surface area contributed by atoms with E-state index < -0.39 is 0 Å². The molecule has 1 saturated heterocycles. The van der Waals surface area contributed by atoms with Crippen molar-refractivity contribution in [3.8, 4) is 0 Å². The molecule has 6 heteroatoms. The Morgan fingerprint density at radius 3 is 2.79 bits per heavy atom. The molecule has 1 fully saturated rings. The summed E-state index contributed by atoms with van der Waals surface area (Å²) in [5, 5.41) is 7.85. The minimum atomic E-state index is -0.250. The lowest BCUT2D eigenvalue weighted by molar-refractivity contribution is -0.130. The maximum atomic E-state index is 13.0. The number of nitrogens with zero attached hydrogens (tertiary/aromatic N) is 3. The summed E-state index contributed by atoms with van der Waals surface area (Å²) in [7, 11) is 0. The van der Waals surface area contributed by atoms with Gasteiger partial charge >= 0.3 is 0 Å². The van der Waals surface area contributed by atoms with Crippen LogP contribution in [0, 0.1) is 5.82 Å². The van der Waals surface area contributed by atoms with Crippen molar-refractivity contribution >= 4 is 5.91 Å². The largest absolute Gasteiger partial charge is 0.337 e. The normalized spacial score (nSPS) is 23.5. The van der Waals surface area contributed by atoms with Crippen LogP contribution in [0.1, 0.15) is 36.6 Å². The minimum Gasteiger partial charge on any atom is -0.337 e. The van der Waals surface area contributed by atoms with E-state index in [-0.39, 0.29) is 23.8 Å². The van der Waals surface area contributed by atoms with Gasteiger partial charge < -0.3 is 4.90 Å². The molecule has 2 aromatic rings. The first-order valence-electron chi connectivity index (χ1n) is 8.52. The molecule has 1 amide bonds. The van der Waals surface area contributed by atoms with Crippen molar-refractivity contribution < 1.29 is 9.18 Å². The lowest BCUT2D eigenvalue weighted by Gasteiger charge is -2.27. The summed E-state index contributed by atoms with van der Waals surface area (Å²) in [6, 6.07) is 8.44. The molecule has 1 N–H and O–H groups in total. The Bertz CT molecular complexity index is 727. The van der Waals surface area contributed by atoms with Crippen molar-refractivity contribution in [1.82, 2.24) is 20.0 Å². The predicted molar refractivity (Wildman–Crippen MR) is 87.6 cm³/mol. The highest BCUT2D eigenvalue weighted by Gasteiger charge is 2.34. The van der Waals surface area contributed by atoms with Gasteiger partial charge in [0.25, 0.3) is 0 Å². The number of amides is 1. The van der Waals surface area contributed by atoms with E-state index >= 15 is 0 Å². The lowest BCUT2D eigenvalue weighted by atomic mass is 10.0. The van der Waals surface area contributed by atoms with E-state index in [9.17, 15) is 9.18 Å². The Labute approximate surface area is 140 Å². The molecule has 4 rings (SSSR count). The van der Waals surface area contributed by atoms with Gasteiger partial charge in [0, 0.05) is 31.9 Å². The number of likely N-dealkylation sites (tertiary alicyclic amines) is 1. The molecular formula is C18H21FN4O. The maximum absolute atomic E-state index is 13.0. The summed E-state index contributed by atoms with van der Waals surface area (Å²) in [5.74, 6) is -0.115. The van der Waals surface area contributed by atoms with E-state index in [0.717, 1.165) is 37.9 Å². The van der Waals surface area contributed by atoms with Gasteiger partial charge in [-0.3, -0.25) is 14.8 Å². The minimum absolute atomic E-state index is 0.135. The second kappa shape index (κ2) is 6.36. The van der Waals surface area contributed by atoms with Crippen molar-refractivity contribution in [2.75, 3.05) is 6.54 Å². The first kappa shape index (κ1) is 15.3. The zero-order valence-electron chi connectivity index (χ0n) is 13.5. The molecule has 2 atom stereocenters. The molecule has 24 heavy (non-hydrogen) atoms. The van der Waals surface area contributed by atoms with E-state index in [4.69, 9.17) is 0 Å². The highest BCUT2D eigenvalue weighted by molar-refractivity contribution is 5.84. The van der Waals surface area contributed by atoms with Crippen molar-refractivity contribution in [2.45, 2.75) is 44.4 Å². The molecule has 5 nitrogen and oxygen atoms in total. The molecule has 126 valence electrons. The zero-order chi connectivity index (χ0) is 16.5. The number of fused-ring (bicyclic) bond motifs is 1. The number of aromatic nitrogens is 2. The Morgan fingerprint density at radius 1 is 1.12 bits per heavy atom. The Balaban J connectivity index is 1.40. The molecule has 0 bridgehead atoms. The van der Waals surface area contributed by atoms with E-state index in [0.29, 0.717) is 6.54 Å². The molecule has 0 spiro atoms. The summed E-state index contributed by atoms with van der Waals surface area (Å²) < 4.78 is 15.0. The smallest absolute Gasteiger partial charge is 0.240 e. The predicted octanol–water partition coefficient (Wildman–Crippen LogP) is 2.25. The Hall–Kier alpha value is -2.21. The van der Waals surface area contributed by atoms with Crippen LogP contribution >= 0.6 is 0 Å². The van der Waals surface area contributed by atoms with Crippen LogP contribution in [0.3, 0.4) is 0 Å². The maximum Gasteiger partial charge on any atom is 0.240 e. The van der Waals surface area contributed by atoms with Gasteiger partial charge in [0.15, 0.2) is 0 Å². The van der Waals surface area contributed by atoms with Crippen LogP contribution in [0.5, 0.6) is 0 Å². The monoisotopic (exact) mass is 328 g/mol. The van der Waals surface area contributed by atoms with Crippen molar-refractivity contribution in [3.05, 3.63) is 53.6 Å². The fraction of sp³-hybridized carbons (Fsp3) is 0.444. The molecule has 1 aromatic carbocycles. The van der Waals surface area contributed by atoms with Gasteiger partial charge in [0.05, 0.1) is 11.7 Å². The second-order valence-electron chi connectivity index (χ2n) is 6.57. The number of hydrogen-bond acceptors (Lipinski definition) is 3. The van der Waals surface area contributed by atoms with Crippen LogP contribution in [0.25, 0.3) is 0 Å². The van der Waals surface area contributed by atoms with Gasteiger partial charge in [-0.25, -0.2) is 4.39 Å². The van der Waals surface area contributed by atoms with E-state index in [1.54, 1.807) is 12.1 Å². The van der Waals surface area contributed by atoms with Gasteiger partial charge in [0.2, 0.25) is 5.91 Å². The molecule has 2 aliphatic rings. The van der Waals surface area contributed by atoms with Crippen LogP contribution in [0.15, 0.2) is 36.5 Å². The number of nitrogens with one attached hydrogen (secondary N) is 1. The summed E-state index contributed by atoms with van der Waals surface area (Å²) in [4.78, 5) is 14.5. The van der Waals surface area contributed by atoms with Crippen LogP contribution < -0.4 is 5.32 Å². The molecule has 2 unspecified atom stereocenters. The molecule has 0 aliphatic carbocycles. The Morgan fingerprint density at radius 2 is 1.96 bits per heavy atom. The standard InChI is InChI=1S/C18H21FN4O/c19-14-5-3-13(4-6-14)12-22-11-8-16(18(22)24)21-15-2-1-10-23-17(15)7-9-20-23/h3-7,9,15-16,21H,1-2,8,10-12H2. The molecule has 3 heterocycles. The van der Waals surface area contributed by atoms with E-state index in [1.165, 1.54) is 17.8 Å². The van der Waals surface area contributed by atoms with E-state index in [1.807, 2.05) is 21.8 Å². The third-order valence-electron chi connectivity index (χ3n) is 4.96. The molecule has 1 aromatic heterocycles. The SMILES string of the molecule is O=C1C(NC2CCCn3nccc32)CCN1Cc1ccc(F)cc1. The van der Waals surface area contributed by atoms with Crippen molar-refractivity contribution in [1.29, 1.82) is 0 Å². The van der Waals surface area contributed by atoms with Crippen molar-refractivity contribution in [2.24, 2.45) is 0 Å². The molecule has 0 saturated carbocycles. The third kappa shape index (κ3) is 2.94. The number of aryl methyl sites for hydroxylation is 1. The highest BCUT2D eigenvalue weighted by Crippen LogP contribution is 2.26. The van der Waals surface area contributed by atoms with Crippen LogP contribution in [-0.2, 0) is 17.9 Å². The number of rotatable bonds is 4. The average Bonchev–Trinajstić information content (AvgIpc) is 3.19. The molecule has 0 radical (unpaired) electrons. The summed E-state index contributed by atoms with van der Waals surface area (Å²) in [6.07, 6.45) is 4.75. The van der Waals surface area contributed by atoms with Crippen LogP contribution in [-0.4, -0.2) is 33.2 Å². The fourth-order valence-electron chi connectivity index (χ4n) is 3.69. The third-order valence-corrected chi connectivity index (χ3v) is 4.96. The van der Waals surface area contributed by atoms with Gasteiger partial charge in [-0.2, -0.15) is 5.10 Å². The number of carbonyl (C=O) groups excluding carboxylic acids is 1. The summed E-state index contributed by atoms with van der Waals surface area (Å²) >= 11 is 0. The van der Waals surface area contributed by atoms with Gasteiger partial charge in [-0.05, 0) is 43.0 Å². The summed E-state index contributed by atoms with van der Waals surface area (Å²) in [6.45, 7) is 2.23. The van der Waals surface area contributed by atoms with E-state index in [2.05, 4.69) is 10.4 Å². The van der Waals surface area contributed by atoms with Gasteiger partial charge in [-0.15, -0.1) is 0 Å². The number of benzene rings is 1. The summed E-state index contributed by atoms with van der Waals surface area (Å²) in [5.41, 5.74) is 2.13. The Kier molecular flexibility index (Phi) is 4.06. The van der Waals surface area contributed by atoms with Crippen LogP contribution in [0.4, 0.5) is 4.39 Å². The van der Waals surface area contributed by atoms with Crippen LogP contribution in [0.2, 0.25) is 0 Å².